The fourth-order valence-electron chi connectivity index (χ4n) is 2.84. The molecule has 3 N–H and O–H groups in total. The number of para-hydroxylation sites is 1. The number of hydrogen-bond acceptors (Lipinski definition) is 7. The number of methoxy groups -OCH3 is 1. The number of anilines is 1. The molecule has 0 amide bonds. The first kappa shape index (κ1) is 18.7. The predicted molar refractivity (Wildman–Crippen MR) is 103 cm³/mol. The lowest BCUT2D eigenvalue weighted by Gasteiger charge is -2.17. The third-order valence-corrected chi connectivity index (χ3v) is 4.23. The number of benzene rings is 1. The summed E-state index contributed by atoms with van der Waals surface area (Å²) in [7, 11) is 1.54. The smallest absolute Gasteiger partial charge is 0.221 e. The second-order valence-electron chi connectivity index (χ2n) is 6.78. The number of rotatable bonds is 6. The lowest BCUT2D eigenvalue weighted by molar-refractivity contribution is 0.0736. The van der Waals surface area contributed by atoms with Gasteiger partial charge in [0.1, 0.15) is 22.6 Å². The number of aryl methyl sites for hydroxylation is 1. The largest absolute Gasteiger partial charge is 0.494 e. The van der Waals surface area contributed by atoms with Crippen molar-refractivity contribution < 1.29 is 14.6 Å². The number of ketones is 1. The van der Waals surface area contributed by atoms with Crippen LogP contribution in [0.3, 0.4) is 0 Å². The highest BCUT2D eigenvalue weighted by Crippen LogP contribution is 2.27. The SMILES string of the molecule is COc1cccc2c(C(=O)CCc3cccc(C(C)(C)O)n3)nc(N)nc12. The number of nitrogens with zero attached hydrogens (tertiary/aromatic N) is 3. The maximum atomic E-state index is 12.8. The number of aromatic nitrogens is 3. The topological polar surface area (TPSA) is 111 Å². The fourth-order valence-corrected chi connectivity index (χ4v) is 2.84. The molecule has 0 atom stereocenters. The van der Waals surface area contributed by atoms with E-state index in [1.54, 1.807) is 38.1 Å². The first-order valence-electron chi connectivity index (χ1n) is 8.62. The van der Waals surface area contributed by atoms with Crippen molar-refractivity contribution in [2.45, 2.75) is 32.3 Å². The van der Waals surface area contributed by atoms with Crippen LogP contribution in [0.1, 0.15) is 42.1 Å². The Balaban J connectivity index is 1.87. The first-order chi connectivity index (χ1) is 12.8. The van der Waals surface area contributed by atoms with Crippen LogP contribution in [0, 0.1) is 0 Å². The molecule has 140 valence electrons. The lowest BCUT2D eigenvalue weighted by Crippen LogP contribution is -2.18. The van der Waals surface area contributed by atoms with Gasteiger partial charge in [-0.1, -0.05) is 18.2 Å². The zero-order valence-electron chi connectivity index (χ0n) is 15.6. The van der Waals surface area contributed by atoms with Gasteiger partial charge in [0, 0.05) is 17.5 Å². The van der Waals surface area contributed by atoms with Crippen LogP contribution in [0.5, 0.6) is 5.75 Å². The molecule has 0 saturated carbocycles. The van der Waals surface area contributed by atoms with Crippen LogP contribution in [0.15, 0.2) is 36.4 Å². The van der Waals surface area contributed by atoms with Crippen molar-refractivity contribution in [1.82, 2.24) is 15.0 Å². The van der Waals surface area contributed by atoms with E-state index in [1.807, 2.05) is 12.1 Å². The van der Waals surface area contributed by atoms with Gasteiger partial charge in [-0.25, -0.2) is 9.97 Å². The van der Waals surface area contributed by atoms with E-state index in [-0.39, 0.29) is 23.8 Å². The number of carbonyl (C=O) groups is 1. The first-order valence-corrected chi connectivity index (χ1v) is 8.62. The average Bonchev–Trinajstić information content (AvgIpc) is 2.64. The van der Waals surface area contributed by atoms with E-state index in [0.717, 1.165) is 5.69 Å². The molecule has 0 bridgehead atoms. The Morgan fingerprint density at radius 3 is 2.59 bits per heavy atom. The van der Waals surface area contributed by atoms with Crippen LogP contribution in [0.2, 0.25) is 0 Å². The predicted octanol–water partition coefficient (Wildman–Crippen LogP) is 2.66. The summed E-state index contributed by atoms with van der Waals surface area (Å²) < 4.78 is 5.30. The molecular weight excluding hydrogens is 344 g/mol. The van der Waals surface area contributed by atoms with Gasteiger partial charge in [0.05, 0.1) is 12.8 Å². The lowest BCUT2D eigenvalue weighted by atomic mass is 10.0. The van der Waals surface area contributed by atoms with Crippen molar-refractivity contribution in [1.29, 1.82) is 0 Å². The van der Waals surface area contributed by atoms with Crippen LogP contribution in [-0.4, -0.2) is 33.0 Å². The van der Waals surface area contributed by atoms with Gasteiger partial charge >= 0.3 is 0 Å². The Morgan fingerprint density at radius 1 is 1.15 bits per heavy atom. The highest BCUT2D eigenvalue weighted by molar-refractivity contribution is 6.07. The molecular formula is C20H22N4O3. The molecule has 0 aliphatic rings. The minimum absolute atomic E-state index is 0.0255. The summed E-state index contributed by atoms with van der Waals surface area (Å²) in [4.78, 5) is 25.6. The van der Waals surface area contributed by atoms with Crippen LogP contribution >= 0.6 is 0 Å². The third kappa shape index (κ3) is 4.03. The average molecular weight is 366 g/mol. The summed E-state index contributed by atoms with van der Waals surface area (Å²) in [5, 5.41) is 10.7. The number of hydrogen-bond donors (Lipinski definition) is 2. The van der Waals surface area contributed by atoms with Gasteiger partial charge in [-0.15, -0.1) is 0 Å². The molecule has 0 spiro atoms. The monoisotopic (exact) mass is 366 g/mol. The summed E-state index contributed by atoms with van der Waals surface area (Å²) in [6.45, 7) is 3.35. The van der Waals surface area contributed by atoms with E-state index in [9.17, 15) is 9.90 Å². The third-order valence-electron chi connectivity index (χ3n) is 4.23. The molecule has 0 aliphatic carbocycles. The van der Waals surface area contributed by atoms with Gasteiger partial charge in [0.2, 0.25) is 5.95 Å². The Bertz CT molecular complexity index is 996. The standard InChI is InChI=1S/C20H22N4O3/c1-20(2,26)16-9-4-6-12(22-16)10-11-14(25)17-13-7-5-8-15(27-3)18(13)24-19(21)23-17/h4-9,26H,10-11H2,1-3H3,(H2,21,23,24). The van der Waals surface area contributed by atoms with E-state index in [1.165, 1.54) is 7.11 Å². The summed E-state index contributed by atoms with van der Waals surface area (Å²) >= 11 is 0. The zero-order valence-corrected chi connectivity index (χ0v) is 15.6. The van der Waals surface area contributed by atoms with E-state index < -0.39 is 5.60 Å². The van der Waals surface area contributed by atoms with E-state index in [2.05, 4.69) is 15.0 Å². The van der Waals surface area contributed by atoms with Crippen LogP contribution in [0.25, 0.3) is 10.9 Å². The highest BCUT2D eigenvalue weighted by Gasteiger charge is 2.19. The number of nitrogens with two attached hydrogens (primary N) is 1. The fraction of sp³-hybridized carbons (Fsp3) is 0.300. The Morgan fingerprint density at radius 2 is 1.89 bits per heavy atom. The second kappa shape index (κ2) is 7.28. The van der Waals surface area contributed by atoms with Crippen molar-refractivity contribution in [2.75, 3.05) is 12.8 Å². The quantitative estimate of drug-likeness (QED) is 0.645. The van der Waals surface area contributed by atoms with E-state index in [4.69, 9.17) is 10.5 Å². The van der Waals surface area contributed by atoms with E-state index >= 15 is 0 Å². The molecule has 7 nitrogen and oxygen atoms in total. The molecule has 27 heavy (non-hydrogen) atoms. The maximum absolute atomic E-state index is 12.8. The summed E-state index contributed by atoms with van der Waals surface area (Å²) in [5.74, 6) is 0.408. The molecule has 3 aromatic rings. The van der Waals surface area contributed by atoms with Gasteiger partial charge in [-0.05, 0) is 38.5 Å². The van der Waals surface area contributed by atoms with Gasteiger partial charge in [-0.2, -0.15) is 0 Å². The number of pyridine rings is 1. The van der Waals surface area contributed by atoms with E-state index in [0.29, 0.717) is 28.8 Å². The molecule has 0 saturated heterocycles. The Hall–Kier alpha value is -3.06. The zero-order chi connectivity index (χ0) is 19.6. The molecule has 1 aromatic carbocycles. The Labute approximate surface area is 157 Å². The highest BCUT2D eigenvalue weighted by atomic mass is 16.5. The summed E-state index contributed by atoms with van der Waals surface area (Å²) in [5.41, 5.74) is 6.83. The summed E-state index contributed by atoms with van der Waals surface area (Å²) in [6, 6.07) is 10.7. The molecule has 3 rings (SSSR count). The Kier molecular flexibility index (Phi) is 5.05. The number of carbonyl (C=O) groups excluding carboxylic acids is 1. The van der Waals surface area contributed by atoms with Crippen molar-refractivity contribution in [2.24, 2.45) is 0 Å². The molecule has 0 radical (unpaired) electrons. The van der Waals surface area contributed by atoms with Crippen LogP contribution < -0.4 is 10.5 Å². The van der Waals surface area contributed by atoms with Gasteiger partial charge in [-0.3, -0.25) is 9.78 Å². The number of aliphatic hydroxyl groups is 1. The molecule has 2 aromatic heterocycles. The van der Waals surface area contributed by atoms with Crippen LogP contribution in [-0.2, 0) is 12.0 Å². The molecule has 2 heterocycles. The van der Waals surface area contributed by atoms with Gasteiger partial charge in [0.15, 0.2) is 5.78 Å². The molecule has 7 heteroatoms. The minimum atomic E-state index is -1.03. The molecule has 0 unspecified atom stereocenters. The van der Waals surface area contributed by atoms with Gasteiger partial charge in [0.25, 0.3) is 0 Å². The van der Waals surface area contributed by atoms with Crippen molar-refractivity contribution in [3.63, 3.8) is 0 Å². The molecule has 0 aliphatic heterocycles. The number of ether oxygens (including phenoxy) is 1. The normalized spacial score (nSPS) is 11.6. The van der Waals surface area contributed by atoms with Crippen LogP contribution in [0.4, 0.5) is 5.95 Å². The number of fused-ring (bicyclic) bond motifs is 1. The number of Topliss-reactive ketones (excluding diaryl/α,β-unsaturated/α-hetero) is 1. The van der Waals surface area contributed by atoms with Crippen molar-refractivity contribution in [3.05, 3.63) is 53.5 Å². The van der Waals surface area contributed by atoms with Crippen molar-refractivity contribution in [3.8, 4) is 5.75 Å². The van der Waals surface area contributed by atoms with Crippen molar-refractivity contribution >= 4 is 22.6 Å². The second-order valence-corrected chi connectivity index (χ2v) is 6.78. The number of nitrogen functional groups attached to an aromatic ring is 1. The minimum Gasteiger partial charge on any atom is -0.494 e. The summed E-state index contributed by atoms with van der Waals surface area (Å²) in [6.07, 6.45) is 0.642. The van der Waals surface area contributed by atoms with Gasteiger partial charge < -0.3 is 15.6 Å². The molecule has 0 fully saturated rings. The maximum Gasteiger partial charge on any atom is 0.221 e.